The molecule has 0 saturated heterocycles. The molecule has 0 fully saturated rings. The molecule has 0 spiro atoms. The lowest BCUT2D eigenvalue weighted by Crippen LogP contribution is -2.00. The Balaban J connectivity index is 4.66. The zero-order chi connectivity index (χ0) is 10.4. The summed E-state index contributed by atoms with van der Waals surface area (Å²) in [4.78, 5) is 9.67. The Labute approximate surface area is 76.1 Å². The molecule has 0 aliphatic heterocycles. The molecule has 0 aromatic heterocycles. The van der Waals surface area contributed by atoms with Crippen LogP contribution in [0.1, 0.15) is 0 Å². The summed E-state index contributed by atoms with van der Waals surface area (Å²) in [5.41, 5.74) is 0. The summed E-state index contributed by atoms with van der Waals surface area (Å²) >= 11 is 0. The predicted molar refractivity (Wildman–Crippen MR) is 51.3 cm³/mol. The Morgan fingerprint density at radius 3 is 2.38 bits per heavy atom. The second kappa shape index (κ2) is 5.02. The van der Waals surface area contributed by atoms with Gasteiger partial charge in [0, 0.05) is 5.82 Å². The third-order valence-corrected chi connectivity index (χ3v) is 1.38. The van der Waals surface area contributed by atoms with Crippen LogP contribution in [0.4, 0.5) is 0 Å². The van der Waals surface area contributed by atoms with E-state index in [1.807, 2.05) is 0 Å². The molecule has 0 radical (unpaired) electrons. The van der Waals surface area contributed by atoms with Gasteiger partial charge >= 0.3 is 0 Å². The van der Waals surface area contributed by atoms with Crippen molar-refractivity contribution in [1.29, 1.82) is 0 Å². The summed E-state index contributed by atoms with van der Waals surface area (Å²) in [6.45, 7) is 3.02. The molecule has 0 aromatic carbocycles. The van der Waals surface area contributed by atoms with Gasteiger partial charge in [0.15, 0.2) is 11.5 Å². The standard InChI is InChI=1S/C7H10BNO4/c1-4(10)6(11)7(12)5(8)2-3-9-13/h2-3,5,10-12H,1,8H2/b3-2-,7-6-. The Bertz CT molecular complexity index is 272. The molecule has 0 bridgehead atoms. The van der Waals surface area contributed by atoms with Crippen LogP contribution >= 0.6 is 0 Å². The van der Waals surface area contributed by atoms with Crippen molar-refractivity contribution in [1.82, 2.24) is 0 Å². The van der Waals surface area contributed by atoms with Gasteiger partial charge in [0.05, 0.1) is 6.20 Å². The first-order valence-electron chi connectivity index (χ1n) is 3.50. The average molecular weight is 183 g/mol. The third-order valence-electron chi connectivity index (χ3n) is 1.38. The van der Waals surface area contributed by atoms with Crippen LogP contribution < -0.4 is 0 Å². The lowest BCUT2D eigenvalue weighted by atomic mass is 9.85. The van der Waals surface area contributed by atoms with Gasteiger partial charge in [0.1, 0.15) is 13.6 Å². The van der Waals surface area contributed by atoms with Gasteiger partial charge < -0.3 is 15.3 Å². The second-order valence-electron chi connectivity index (χ2n) is 2.42. The van der Waals surface area contributed by atoms with E-state index < -0.39 is 23.1 Å². The highest BCUT2D eigenvalue weighted by Crippen LogP contribution is 2.18. The first-order valence-corrected chi connectivity index (χ1v) is 3.50. The number of nitrogens with zero attached hydrogens (tertiary/aromatic N) is 1. The smallest absolute Gasteiger partial charge is 0.195 e. The van der Waals surface area contributed by atoms with Crippen molar-refractivity contribution in [3.63, 3.8) is 0 Å². The molecule has 70 valence electrons. The fourth-order valence-corrected chi connectivity index (χ4v) is 0.619. The van der Waals surface area contributed by atoms with E-state index >= 15 is 0 Å². The average Bonchev–Trinajstić information content (AvgIpc) is 2.11. The Morgan fingerprint density at radius 2 is 2.00 bits per heavy atom. The molecular formula is C7H10BNO4. The topological polar surface area (TPSA) is 90.1 Å². The number of rotatable bonds is 4. The van der Waals surface area contributed by atoms with Crippen LogP contribution in [-0.2, 0) is 0 Å². The second-order valence-corrected chi connectivity index (χ2v) is 2.42. The SMILES string of the molecule is BC(/C=C\N=O)/C(O)=C(/O)C(=C)O. The summed E-state index contributed by atoms with van der Waals surface area (Å²) in [5, 5.41) is 29.3. The van der Waals surface area contributed by atoms with Gasteiger partial charge in [-0.2, -0.15) is 0 Å². The summed E-state index contributed by atoms with van der Waals surface area (Å²) < 4.78 is 0. The van der Waals surface area contributed by atoms with Crippen molar-refractivity contribution in [3.05, 3.63) is 41.0 Å². The van der Waals surface area contributed by atoms with Gasteiger partial charge in [-0.05, 0) is 5.18 Å². The molecule has 0 heterocycles. The number of allylic oxidation sites excluding steroid dienone is 1. The molecule has 0 rings (SSSR count). The van der Waals surface area contributed by atoms with Crippen molar-refractivity contribution in [2.75, 3.05) is 0 Å². The summed E-state index contributed by atoms with van der Waals surface area (Å²) in [6, 6.07) is 0. The van der Waals surface area contributed by atoms with Crippen LogP contribution in [0.25, 0.3) is 0 Å². The summed E-state index contributed by atoms with van der Waals surface area (Å²) in [5.74, 6) is -2.39. The van der Waals surface area contributed by atoms with E-state index in [-0.39, 0.29) is 0 Å². The monoisotopic (exact) mass is 183 g/mol. The van der Waals surface area contributed by atoms with E-state index in [1.54, 1.807) is 0 Å². The zero-order valence-electron chi connectivity index (χ0n) is 7.14. The van der Waals surface area contributed by atoms with Crippen LogP contribution in [0.3, 0.4) is 0 Å². The molecular weight excluding hydrogens is 173 g/mol. The Morgan fingerprint density at radius 1 is 1.46 bits per heavy atom. The van der Waals surface area contributed by atoms with Gasteiger partial charge in [-0.1, -0.05) is 12.7 Å². The Hall–Kier alpha value is -1.72. The molecule has 0 aliphatic rings. The summed E-state index contributed by atoms with van der Waals surface area (Å²) in [7, 11) is 1.51. The molecule has 1 atom stereocenters. The van der Waals surface area contributed by atoms with Crippen molar-refractivity contribution in [2.24, 2.45) is 5.18 Å². The minimum Gasteiger partial charge on any atom is -0.508 e. The quantitative estimate of drug-likeness (QED) is 0.263. The number of nitroso groups, excluding NO2 is 1. The predicted octanol–water partition coefficient (Wildman–Crippen LogP) is 1.09. The minimum absolute atomic E-state index is 0.465. The minimum atomic E-state index is -0.692. The third kappa shape index (κ3) is 3.46. The van der Waals surface area contributed by atoms with Gasteiger partial charge in [-0.25, -0.2) is 0 Å². The highest BCUT2D eigenvalue weighted by Gasteiger charge is 2.11. The molecule has 13 heavy (non-hydrogen) atoms. The van der Waals surface area contributed by atoms with Crippen molar-refractivity contribution < 1.29 is 15.3 Å². The number of aliphatic hydroxyl groups excluding tert-OH is 3. The van der Waals surface area contributed by atoms with Gasteiger partial charge in [0.25, 0.3) is 0 Å². The lowest BCUT2D eigenvalue weighted by molar-refractivity contribution is 0.281. The highest BCUT2D eigenvalue weighted by atomic mass is 16.3. The van der Waals surface area contributed by atoms with E-state index in [1.165, 1.54) is 13.9 Å². The molecule has 0 saturated carbocycles. The van der Waals surface area contributed by atoms with Gasteiger partial charge in [-0.15, -0.1) is 4.91 Å². The maximum absolute atomic E-state index is 9.67. The van der Waals surface area contributed by atoms with E-state index in [4.69, 9.17) is 10.2 Å². The fraction of sp³-hybridized carbons (Fsp3) is 0.143. The van der Waals surface area contributed by atoms with E-state index in [2.05, 4.69) is 11.8 Å². The molecule has 3 N–H and O–H groups in total. The van der Waals surface area contributed by atoms with Crippen LogP contribution in [0.15, 0.2) is 41.3 Å². The van der Waals surface area contributed by atoms with Crippen LogP contribution in [0.5, 0.6) is 0 Å². The largest absolute Gasteiger partial charge is 0.508 e. The Kier molecular flexibility index (Phi) is 4.36. The van der Waals surface area contributed by atoms with Crippen molar-refractivity contribution in [3.8, 4) is 0 Å². The maximum Gasteiger partial charge on any atom is 0.195 e. The molecule has 1 unspecified atom stereocenters. The highest BCUT2D eigenvalue weighted by molar-refractivity contribution is 6.14. The van der Waals surface area contributed by atoms with Crippen LogP contribution in [0, 0.1) is 4.91 Å². The van der Waals surface area contributed by atoms with Crippen molar-refractivity contribution >= 4 is 7.85 Å². The van der Waals surface area contributed by atoms with Crippen LogP contribution in [0.2, 0.25) is 5.82 Å². The molecule has 0 aliphatic carbocycles. The first kappa shape index (κ1) is 11.3. The molecule has 5 nitrogen and oxygen atoms in total. The van der Waals surface area contributed by atoms with E-state index in [0.717, 1.165) is 6.20 Å². The number of hydrogen-bond acceptors (Lipinski definition) is 5. The van der Waals surface area contributed by atoms with E-state index in [0.29, 0.717) is 0 Å². The molecule has 0 amide bonds. The van der Waals surface area contributed by atoms with Gasteiger partial charge in [0.2, 0.25) is 0 Å². The van der Waals surface area contributed by atoms with Crippen molar-refractivity contribution in [2.45, 2.75) is 5.82 Å². The number of aliphatic hydroxyl groups is 3. The summed E-state index contributed by atoms with van der Waals surface area (Å²) in [6.07, 6.45) is 2.20. The van der Waals surface area contributed by atoms with Gasteiger partial charge in [-0.3, -0.25) is 0 Å². The lowest BCUT2D eigenvalue weighted by Gasteiger charge is -2.06. The van der Waals surface area contributed by atoms with E-state index in [9.17, 15) is 10.0 Å². The fourth-order valence-electron chi connectivity index (χ4n) is 0.619. The maximum atomic E-state index is 9.67. The molecule has 0 aromatic rings. The normalized spacial score (nSPS) is 15.1. The first-order chi connectivity index (χ1) is 6.00. The van der Waals surface area contributed by atoms with Crippen LogP contribution in [-0.4, -0.2) is 23.2 Å². The zero-order valence-corrected chi connectivity index (χ0v) is 7.14. The molecule has 6 heteroatoms. The number of hydrogen-bond donors (Lipinski definition) is 3.